The van der Waals surface area contributed by atoms with E-state index in [1.54, 1.807) is 12.4 Å². The minimum absolute atomic E-state index is 0.0183. The molecule has 1 aromatic carbocycles. The molecule has 0 radical (unpaired) electrons. The third-order valence-electron chi connectivity index (χ3n) is 5.46. The monoisotopic (exact) mass is 397 g/mol. The lowest BCUT2D eigenvalue weighted by molar-refractivity contribution is -0.159. The second-order valence-corrected chi connectivity index (χ2v) is 8.93. The summed E-state index contributed by atoms with van der Waals surface area (Å²) in [5.74, 6) is 0.264. The minimum atomic E-state index is -0.445. The zero-order valence-electron chi connectivity index (χ0n) is 17.7. The van der Waals surface area contributed by atoms with Crippen molar-refractivity contribution < 1.29 is 14.3 Å². The third kappa shape index (κ3) is 5.68. The molecule has 1 aromatic heterocycles. The van der Waals surface area contributed by atoms with E-state index in [0.29, 0.717) is 12.3 Å². The van der Waals surface area contributed by atoms with E-state index < -0.39 is 5.60 Å². The van der Waals surface area contributed by atoms with Gasteiger partial charge in [0.05, 0.1) is 12.3 Å². The summed E-state index contributed by atoms with van der Waals surface area (Å²) >= 11 is 0. The molecule has 2 aromatic rings. The molecule has 0 spiro atoms. The van der Waals surface area contributed by atoms with Crippen molar-refractivity contribution in [3.05, 3.63) is 48.5 Å². The second-order valence-electron chi connectivity index (χ2n) is 8.93. The summed E-state index contributed by atoms with van der Waals surface area (Å²) in [6.45, 7) is 7.87. The van der Waals surface area contributed by atoms with E-state index in [1.165, 1.54) is 10.9 Å². The molecule has 1 aliphatic rings. The topological polar surface area (TPSA) is 73.2 Å². The molecule has 6 heteroatoms. The van der Waals surface area contributed by atoms with E-state index in [2.05, 4.69) is 17.2 Å². The summed E-state index contributed by atoms with van der Waals surface area (Å²) in [6, 6.07) is 8.10. The highest BCUT2D eigenvalue weighted by molar-refractivity contribution is 5.82. The van der Waals surface area contributed by atoms with Crippen molar-refractivity contribution in [1.29, 1.82) is 0 Å². The lowest BCUT2D eigenvalue weighted by atomic mass is 9.97. The molecule has 3 atom stereocenters. The number of nitrogens with zero attached hydrogens (tertiary/aromatic N) is 2. The zero-order valence-corrected chi connectivity index (χ0v) is 17.7. The quantitative estimate of drug-likeness (QED) is 0.735. The molecular formula is C23H31N3O3. The fraction of sp³-hybridized carbons (Fsp3) is 0.522. The van der Waals surface area contributed by atoms with E-state index in [0.717, 1.165) is 30.5 Å². The Labute approximate surface area is 172 Å². The maximum atomic E-state index is 12.4. The first kappa shape index (κ1) is 21.1. The van der Waals surface area contributed by atoms with Gasteiger partial charge in [0.25, 0.3) is 0 Å². The van der Waals surface area contributed by atoms with Crippen LogP contribution < -0.4 is 5.32 Å². The number of anilines is 1. The van der Waals surface area contributed by atoms with E-state index in [4.69, 9.17) is 4.74 Å². The number of carbonyl (C=O) groups excluding carboxylic acids is 2. The number of hydrogen-bond acceptors (Lipinski definition) is 5. The van der Waals surface area contributed by atoms with Crippen molar-refractivity contribution in [3.8, 4) is 0 Å². The number of imidazole rings is 1. The average Bonchev–Trinajstić information content (AvgIpc) is 3.34. The number of aromatic nitrogens is 2. The van der Waals surface area contributed by atoms with Gasteiger partial charge in [-0.1, -0.05) is 18.2 Å². The number of rotatable bonds is 6. The first-order chi connectivity index (χ1) is 13.7. The number of esters is 1. The fourth-order valence-corrected chi connectivity index (χ4v) is 3.91. The molecule has 3 rings (SSSR count). The van der Waals surface area contributed by atoms with Crippen LogP contribution in [0.5, 0.6) is 0 Å². The number of hydrogen-bond donors (Lipinski definition) is 1. The van der Waals surface area contributed by atoms with Crippen molar-refractivity contribution in [3.63, 3.8) is 0 Å². The standard InChI is InChI=1S/C23H31N3O3/c1-16(17-9-10-19(13-17)22(28)29-23(2,3)4)25-20-8-6-5-7-18(20)14-21(27)26-12-11-24-15-26/h5-8,11-12,15-17,19,25H,9-10,13-14H2,1-4H3. The lowest BCUT2D eigenvalue weighted by Gasteiger charge is -2.24. The van der Waals surface area contributed by atoms with Gasteiger partial charge in [0.15, 0.2) is 0 Å². The van der Waals surface area contributed by atoms with E-state index in [1.807, 2.05) is 45.0 Å². The van der Waals surface area contributed by atoms with E-state index in [9.17, 15) is 9.59 Å². The Morgan fingerprint density at radius 1 is 1.28 bits per heavy atom. The maximum Gasteiger partial charge on any atom is 0.309 e. The Hall–Kier alpha value is -2.63. The van der Waals surface area contributed by atoms with Crippen LogP contribution in [0.25, 0.3) is 0 Å². The molecule has 0 saturated heterocycles. The van der Waals surface area contributed by atoms with Gasteiger partial charge in [0.1, 0.15) is 11.9 Å². The van der Waals surface area contributed by atoms with Crippen LogP contribution in [0.2, 0.25) is 0 Å². The van der Waals surface area contributed by atoms with E-state index >= 15 is 0 Å². The molecule has 1 aliphatic carbocycles. The zero-order chi connectivity index (χ0) is 21.0. The summed E-state index contributed by atoms with van der Waals surface area (Å²) in [4.78, 5) is 28.8. The first-order valence-corrected chi connectivity index (χ1v) is 10.3. The molecule has 0 bridgehead atoms. The SMILES string of the molecule is CC(Nc1ccccc1CC(=O)n1ccnc1)C1CCC(C(=O)OC(C)(C)C)C1. The van der Waals surface area contributed by atoms with Crippen molar-refractivity contribution >= 4 is 17.6 Å². The summed E-state index contributed by atoms with van der Waals surface area (Å²) < 4.78 is 7.06. The van der Waals surface area contributed by atoms with Gasteiger partial charge in [0, 0.05) is 24.1 Å². The average molecular weight is 398 g/mol. The number of para-hydroxylation sites is 1. The molecule has 3 unspecified atom stereocenters. The molecular weight excluding hydrogens is 366 g/mol. The van der Waals surface area contributed by atoms with Crippen LogP contribution in [0.1, 0.15) is 57.3 Å². The Morgan fingerprint density at radius 3 is 2.72 bits per heavy atom. The van der Waals surface area contributed by atoms with Crippen molar-refractivity contribution in [2.45, 2.75) is 65.0 Å². The van der Waals surface area contributed by atoms with Gasteiger partial charge in [-0.05, 0) is 64.5 Å². The molecule has 0 aliphatic heterocycles. The van der Waals surface area contributed by atoms with Crippen LogP contribution in [0, 0.1) is 11.8 Å². The molecule has 1 N–H and O–H groups in total. The van der Waals surface area contributed by atoms with Crippen LogP contribution in [-0.4, -0.2) is 33.1 Å². The number of benzene rings is 1. The summed E-state index contributed by atoms with van der Waals surface area (Å²) in [6.07, 6.45) is 7.79. The summed E-state index contributed by atoms with van der Waals surface area (Å²) in [7, 11) is 0. The second kappa shape index (κ2) is 8.80. The fourth-order valence-electron chi connectivity index (χ4n) is 3.91. The van der Waals surface area contributed by atoms with Crippen LogP contribution in [0.15, 0.2) is 43.0 Å². The first-order valence-electron chi connectivity index (χ1n) is 10.3. The third-order valence-corrected chi connectivity index (χ3v) is 5.46. The molecule has 0 amide bonds. The highest BCUT2D eigenvalue weighted by Gasteiger charge is 2.35. The number of ether oxygens (including phenoxy) is 1. The predicted molar refractivity (Wildman–Crippen MR) is 113 cm³/mol. The van der Waals surface area contributed by atoms with Gasteiger partial charge in [-0.25, -0.2) is 4.98 Å². The Bertz CT molecular complexity index is 839. The Kier molecular flexibility index (Phi) is 6.40. The van der Waals surface area contributed by atoms with Gasteiger partial charge in [-0.3, -0.25) is 14.2 Å². The highest BCUT2D eigenvalue weighted by atomic mass is 16.6. The molecule has 1 heterocycles. The highest BCUT2D eigenvalue weighted by Crippen LogP contribution is 2.36. The van der Waals surface area contributed by atoms with Crippen LogP contribution in [0.3, 0.4) is 0 Å². The van der Waals surface area contributed by atoms with Crippen LogP contribution in [-0.2, 0) is 16.0 Å². The molecule has 29 heavy (non-hydrogen) atoms. The molecule has 1 fully saturated rings. The number of nitrogens with one attached hydrogen (secondary N) is 1. The normalized spacial score (nSPS) is 20.3. The van der Waals surface area contributed by atoms with Gasteiger partial charge >= 0.3 is 5.97 Å². The van der Waals surface area contributed by atoms with Gasteiger partial charge < -0.3 is 10.1 Å². The molecule has 1 saturated carbocycles. The Balaban J connectivity index is 1.60. The van der Waals surface area contributed by atoms with E-state index in [-0.39, 0.29) is 23.8 Å². The molecule has 6 nitrogen and oxygen atoms in total. The van der Waals surface area contributed by atoms with Gasteiger partial charge in [-0.2, -0.15) is 0 Å². The number of carbonyl (C=O) groups is 2. The largest absolute Gasteiger partial charge is 0.460 e. The minimum Gasteiger partial charge on any atom is -0.460 e. The molecule has 156 valence electrons. The maximum absolute atomic E-state index is 12.4. The van der Waals surface area contributed by atoms with Gasteiger partial charge in [-0.15, -0.1) is 0 Å². The van der Waals surface area contributed by atoms with Crippen LogP contribution >= 0.6 is 0 Å². The van der Waals surface area contributed by atoms with Crippen molar-refractivity contribution in [2.75, 3.05) is 5.32 Å². The lowest BCUT2D eigenvalue weighted by Crippen LogP contribution is -2.29. The Morgan fingerprint density at radius 2 is 2.03 bits per heavy atom. The van der Waals surface area contributed by atoms with Crippen LogP contribution in [0.4, 0.5) is 5.69 Å². The summed E-state index contributed by atoms with van der Waals surface area (Å²) in [5.41, 5.74) is 1.48. The van der Waals surface area contributed by atoms with Crippen molar-refractivity contribution in [1.82, 2.24) is 9.55 Å². The predicted octanol–water partition coefficient (Wildman–Crippen LogP) is 4.32. The summed E-state index contributed by atoms with van der Waals surface area (Å²) in [5, 5.41) is 3.58. The van der Waals surface area contributed by atoms with Gasteiger partial charge in [0.2, 0.25) is 5.91 Å². The van der Waals surface area contributed by atoms with Crippen molar-refractivity contribution in [2.24, 2.45) is 11.8 Å². The smallest absolute Gasteiger partial charge is 0.309 e.